The molecular formula is C24H24F3N3O3. The van der Waals surface area contributed by atoms with Crippen molar-refractivity contribution in [2.75, 3.05) is 13.7 Å². The number of ether oxygens (including phenoxy) is 2. The summed E-state index contributed by atoms with van der Waals surface area (Å²) in [4.78, 5) is 15.9. The third-order valence-electron chi connectivity index (χ3n) is 5.21. The summed E-state index contributed by atoms with van der Waals surface area (Å²) in [5, 5.41) is 12.7. The van der Waals surface area contributed by atoms with Crippen LogP contribution in [0.1, 0.15) is 36.5 Å². The number of methoxy groups -OCH3 is 1. The van der Waals surface area contributed by atoms with Crippen LogP contribution in [0.3, 0.4) is 0 Å². The van der Waals surface area contributed by atoms with E-state index in [-0.39, 0.29) is 5.75 Å². The molecule has 0 bridgehead atoms. The van der Waals surface area contributed by atoms with Gasteiger partial charge in [0.15, 0.2) is 6.10 Å². The van der Waals surface area contributed by atoms with Gasteiger partial charge in [0.05, 0.1) is 24.3 Å². The molecule has 9 heteroatoms. The molecular weight excluding hydrogens is 435 g/mol. The van der Waals surface area contributed by atoms with E-state index in [2.05, 4.69) is 10.3 Å². The van der Waals surface area contributed by atoms with Gasteiger partial charge in [0.1, 0.15) is 11.5 Å². The molecule has 0 aliphatic rings. The van der Waals surface area contributed by atoms with Gasteiger partial charge in [-0.25, -0.2) is 0 Å². The van der Waals surface area contributed by atoms with E-state index in [1.807, 2.05) is 31.3 Å². The topological polar surface area (TPSA) is 87.1 Å². The van der Waals surface area contributed by atoms with Crippen molar-refractivity contribution in [1.29, 1.82) is 5.26 Å². The van der Waals surface area contributed by atoms with Gasteiger partial charge in [-0.05, 0) is 54.8 Å². The summed E-state index contributed by atoms with van der Waals surface area (Å²) in [6.45, 7) is 2.18. The van der Waals surface area contributed by atoms with Gasteiger partial charge in [-0.2, -0.15) is 18.4 Å². The zero-order chi connectivity index (χ0) is 24.0. The van der Waals surface area contributed by atoms with Crippen molar-refractivity contribution >= 4 is 16.8 Å². The van der Waals surface area contributed by atoms with Crippen LogP contribution in [0.4, 0.5) is 13.2 Å². The highest BCUT2D eigenvalue weighted by Gasteiger charge is 2.34. The van der Waals surface area contributed by atoms with E-state index < -0.39 is 29.3 Å². The average molecular weight is 459 g/mol. The molecule has 6 nitrogen and oxygen atoms in total. The largest absolute Gasteiger partial charge is 0.497 e. The molecule has 1 amide bonds. The summed E-state index contributed by atoms with van der Waals surface area (Å²) in [6, 6.07) is 10.3. The molecule has 1 atom stereocenters. The number of rotatable bonds is 9. The second-order valence-corrected chi connectivity index (χ2v) is 7.48. The minimum Gasteiger partial charge on any atom is -0.497 e. The van der Waals surface area contributed by atoms with Crippen molar-refractivity contribution in [2.45, 2.75) is 38.5 Å². The van der Waals surface area contributed by atoms with E-state index in [9.17, 15) is 18.0 Å². The highest BCUT2D eigenvalue weighted by Crippen LogP contribution is 2.34. The Morgan fingerprint density at radius 1 is 1.21 bits per heavy atom. The first kappa shape index (κ1) is 24.0. The summed E-state index contributed by atoms with van der Waals surface area (Å²) in [6.07, 6.45) is -2.31. The Hall–Kier alpha value is -3.67. The lowest BCUT2D eigenvalue weighted by atomic mass is 10.1. The molecule has 0 saturated carbocycles. The van der Waals surface area contributed by atoms with Gasteiger partial charge in [-0.1, -0.05) is 13.3 Å². The SMILES string of the molecule is CCCC(Oc1ccc(C#N)c(C(F)(F)F)c1)C(=O)NCCc1c[nH]c2ccc(OC)cc12. The van der Waals surface area contributed by atoms with E-state index >= 15 is 0 Å². The first-order valence-corrected chi connectivity index (χ1v) is 10.5. The molecule has 0 fully saturated rings. The lowest BCUT2D eigenvalue weighted by Crippen LogP contribution is -2.39. The number of aromatic amines is 1. The molecule has 33 heavy (non-hydrogen) atoms. The van der Waals surface area contributed by atoms with E-state index in [0.29, 0.717) is 25.8 Å². The summed E-state index contributed by atoms with van der Waals surface area (Å²) >= 11 is 0. The Morgan fingerprint density at radius 2 is 1.97 bits per heavy atom. The fourth-order valence-electron chi connectivity index (χ4n) is 3.52. The van der Waals surface area contributed by atoms with Gasteiger partial charge >= 0.3 is 6.18 Å². The summed E-state index contributed by atoms with van der Waals surface area (Å²) < 4.78 is 50.5. The number of carbonyl (C=O) groups excluding carboxylic acids is 1. The molecule has 0 radical (unpaired) electrons. The van der Waals surface area contributed by atoms with E-state index in [1.54, 1.807) is 7.11 Å². The predicted molar refractivity (Wildman–Crippen MR) is 117 cm³/mol. The Morgan fingerprint density at radius 3 is 2.64 bits per heavy atom. The second kappa shape index (κ2) is 10.3. The van der Waals surface area contributed by atoms with Crippen LogP contribution < -0.4 is 14.8 Å². The molecule has 0 saturated heterocycles. The quantitative estimate of drug-likeness (QED) is 0.473. The molecule has 2 N–H and O–H groups in total. The number of nitrogens with one attached hydrogen (secondary N) is 2. The number of amides is 1. The van der Waals surface area contributed by atoms with Gasteiger partial charge in [0, 0.05) is 23.6 Å². The maximum atomic E-state index is 13.2. The van der Waals surface area contributed by atoms with Crippen LogP contribution in [0.15, 0.2) is 42.6 Å². The highest BCUT2D eigenvalue weighted by atomic mass is 19.4. The molecule has 0 aliphatic carbocycles. The standard InChI is InChI=1S/C24H24F3N3O3/c1-3-4-22(33-18-6-5-15(13-28)20(12-18)24(25,26)27)23(31)29-10-9-16-14-30-21-8-7-17(32-2)11-19(16)21/h5-8,11-12,14,22,30H,3-4,9-10H2,1-2H3,(H,29,31). The van der Waals surface area contributed by atoms with Crippen LogP contribution in [0.5, 0.6) is 11.5 Å². The number of carbonyl (C=O) groups is 1. The van der Waals surface area contributed by atoms with Gasteiger partial charge in [-0.15, -0.1) is 0 Å². The van der Waals surface area contributed by atoms with Crippen molar-refractivity contribution in [1.82, 2.24) is 10.3 Å². The zero-order valence-electron chi connectivity index (χ0n) is 18.3. The number of fused-ring (bicyclic) bond motifs is 1. The van der Waals surface area contributed by atoms with Crippen LogP contribution in [0, 0.1) is 11.3 Å². The van der Waals surface area contributed by atoms with E-state index in [0.717, 1.165) is 34.3 Å². The van der Waals surface area contributed by atoms with Gasteiger partial charge in [0.25, 0.3) is 5.91 Å². The van der Waals surface area contributed by atoms with E-state index in [1.165, 1.54) is 12.1 Å². The Labute approximate surface area is 189 Å². The van der Waals surface area contributed by atoms with Crippen molar-refractivity contribution in [2.24, 2.45) is 0 Å². The summed E-state index contributed by atoms with van der Waals surface area (Å²) in [5.74, 6) is 0.204. The number of nitrogens with zero attached hydrogens (tertiary/aromatic N) is 1. The van der Waals surface area contributed by atoms with Crippen molar-refractivity contribution in [3.05, 3.63) is 59.3 Å². The maximum Gasteiger partial charge on any atom is 0.417 e. The monoisotopic (exact) mass is 459 g/mol. The van der Waals surface area contributed by atoms with Crippen LogP contribution in [0.25, 0.3) is 10.9 Å². The molecule has 3 aromatic rings. The first-order valence-electron chi connectivity index (χ1n) is 10.5. The highest BCUT2D eigenvalue weighted by molar-refractivity contribution is 5.85. The van der Waals surface area contributed by atoms with E-state index in [4.69, 9.17) is 14.7 Å². The van der Waals surface area contributed by atoms with Crippen molar-refractivity contribution in [3.63, 3.8) is 0 Å². The number of halogens is 3. The fourth-order valence-corrected chi connectivity index (χ4v) is 3.52. The Bertz CT molecular complexity index is 1170. The van der Waals surface area contributed by atoms with Crippen LogP contribution in [-0.4, -0.2) is 30.6 Å². The van der Waals surface area contributed by atoms with Crippen LogP contribution in [0.2, 0.25) is 0 Å². The van der Waals surface area contributed by atoms with Crippen molar-refractivity contribution in [3.8, 4) is 17.6 Å². The fraction of sp³-hybridized carbons (Fsp3) is 0.333. The molecule has 1 unspecified atom stereocenters. The number of aromatic nitrogens is 1. The Kier molecular flexibility index (Phi) is 7.48. The number of hydrogen-bond acceptors (Lipinski definition) is 4. The Balaban J connectivity index is 1.67. The lowest BCUT2D eigenvalue weighted by molar-refractivity contribution is -0.137. The smallest absolute Gasteiger partial charge is 0.417 e. The third kappa shape index (κ3) is 5.77. The van der Waals surface area contributed by atoms with Crippen LogP contribution >= 0.6 is 0 Å². The number of benzene rings is 2. The number of hydrogen-bond donors (Lipinski definition) is 2. The van der Waals surface area contributed by atoms with Gasteiger partial charge in [-0.3, -0.25) is 4.79 Å². The number of nitriles is 1. The normalized spacial score (nSPS) is 12.2. The molecule has 1 heterocycles. The third-order valence-corrected chi connectivity index (χ3v) is 5.21. The van der Waals surface area contributed by atoms with Gasteiger partial charge < -0.3 is 19.8 Å². The molecule has 1 aromatic heterocycles. The zero-order valence-corrected chi connectivity index (χ0v) is 18.3. The minimum absolute atomic E-state index is 0.112. The first-order chi connectivity index (χ1) is 15.8. The summed E-state index contributed by atoms with van der Waals surface area (Å²) in [5.41, 5.74) is 0.360. The molecule has 174 valence electrons. The van der Waals surface area contributed by atoms with Crippen LogP contribution in [-0.2, 0) is 17.4 Å². The van der Waals surface area contributed by atoms with Gasteiger partial charge in [0.2, 0.25) is 0 Å². The summed E-state index contributed by atoms with van der Waals surface area (Å²) in [7, 11) is 1.59. The minimum atomic E-state index is -4.70. The lowest BCUT2D eigenvalue weighted by Gasteiger charge is -2.19. The predicted octanol–water partition coefficient (Wildman–Crippen LogP) is 4.97. The molecule has 0 spiro atoms. The molecule has 2 aromatic carbocycles. The molecule has 0 aliphatic heterocycles. The molecule has 3 rings (SSSR count). The maximum absolute atomic E-state index is 13.2. The number of alkyl halides is 3. The van der Waals surface area contributed by atoms with Crippen molar-refractivity contribution < 1.29 is 27.4 Å². The number of H-pyrrole nitrogens is 1. The average Bonchev–Trinajstić information content (AvgIpc) is 3.20. The second-order valence-electron chi connectivity index (χ2n) is 7.48.